The molecule has 0 unspecified atom stereocenters. The van der Waals surface area contributed by atoms with E-state index in [1.807, 2.05) is 36.4 Å². The van der Waals surface area contributed by atoms with E-state index in [0.29, 0.717) is 11.9 Å². The molecular formula is C26H29N3O2. The first-order chi connectivity index (χ1) is 15.3. The number of nitrogens with zero attached hydrogens (tertiary/aromatic N) is 3. The summed E-state index contributed by atoms with van der Waals surface area (Å²) < 4.78 is 7.74. The number of hydrogen-bond acceptors (Lipinski definition) is 4. The Bertz CT molecular complexity index is 1140. The van der Waals surface area contributed by atoms with Crippen LogP contribution in [0, 0.1) is 0 Å². The van der Waals surface area contributed by atoms with E-state index in [0.717, 1.165) is 54.2 Å². The van der Waals surface area contributed by atoms with E-state index in [-0.39, 0.29) is 5.56 Å². The molecule has 1 saturated heterocycles. The van der Waals surface area contributed by atoms with Crippen molar-refractivity contribution in [1.29, 1.82) is 0 Å². The van der Waals surface area contributed by atoms with Crippen molar-refractivity contribution in [3.05, 3.63) is 70.3 Å². The Morgan fingerprint density at radius 2 is 1.77 bits per heavy atom. The second-order valence-corrected chi connectivity index (χ2v) is 8.50. The van der Waals surface area contributed by atoms with Gasteiger partial charge in [0.2, 0.25) is 0 Å². The van der Waals surface area contributed by atoms with Gasteiger partial charge in [0.05, 0.1) is 17.5 Å². The normalized spacial score (nSPS) is 17.9. The third-order valence-electron chi connectivity index (χ3n) is 6.31. The molecule has 3 aromatic rings. The van der Waals surface area contributed by atoms with Gasteiger partial charge in [-0.15, -0.1) is 0 Å². The van der Waals surface area contributed by atoms with Gasteiger partial charge >= 0.3 is 0 Å². The molecule has 0 radical (unpaired) electrons. The van der Waals surface area contributed by atoms with Gasteiger partial charge in [0.25, 0.3) is 5.56 Å². The summed E-state index contributed by atoms with van der Waals surface area (Å²) in [6, 6.07) is 15.8. The van der Waals surface area contributed by atoms with Crippen molar-refractivity contribution in [3.63, 3.8) is 0 Å². The number of fused-ring (bicyclic) bond motifs is 2. The minimum Gasteiger partial charge on any atom is -0.494 e. The van der Waals surface area contributed by atoms with Gasteiger partial charge in [-0.25, -0.2) is 4.98 Å². The van der Waals surface area contributed by atoms with Crippen LogP contribution in [0.1, 0.15) is 43.5 Å². The van der Waals surface area contributed by atoms with Gasteiger partial charge in [-0.3, -0.25) is 9.36 Å². The molecular weight excluding hydrogens is 386 g/mol. The molecule has 31 heavy (non-hydrogen) atoms. The molecule has 3 heterocycles. The highest BCUT2D eigenvalue weighted by Crippen LogP contribution is 2.28. The summed E-state index contributed by atoms with van der Waals surface area (Å²) in [4.78, 5) is 20.1. The molecule has 0 N–H and O–H groups in total. The Morgan fingerprint density at radius 1 is 0.968 bits per heavy atom. The Morgan fingerprint density at radius 3 is 2.61 bits per heavy atom. The van der Waals surface area contributed by atoms with Crippen LogP contribution in [0.5, 0.6) is 5.75 Å². The summed E-state index contributed by atoms with van der Waals surface area (Å²) in [5.74, 6) is 1.70. The van der Waals surface area contributed by atoms with Crippen LogP contribution >= 0.6 is 0 Å². The number of para-hydroxylation sites is 1. The third-order valence-corrected chi connectivity index (χ3v) is 6.31. The zero-order valence-electron chi connectivity index (χ0n) is 17.9. The molecule has 0 atom stereocenters. The molecule has 2 aromatic carbocycles. The number of ether oxygens (including phenoxy) is 1. The molecule has 0 bridgehead atoms. The molecule has 5 heteroatoms. The van der Waals surface area contributed by atoms with Crippen molar-refractivity contribution < 1.29 is 4.74 Å². The fourth-order valence-electron chi connectivity index (χ4n) is 4.62. The highest BCUT2D eigenvalue weighted by Gasteiger charge is 2.20. The topological polar surface area (TPSA) is 47.4 Å². The molecule has 0 spiro atoms. The van der Waals surface area contributed by atoms with Crippen molar-refractivity contribution in [2.45, 2.75) is 38.6 Å². The molecule has 1 aromatic heterocycles. The maximum Gasteiger partial charge on any atom is 0.261 e. The van der Waals surface area contributed by atoms with E-state index in [2.05, 4.69) is 23.1 Å². The summed E-state index contributed by atoms with van der Waals surface area (Å²) in [7, 11) is 0. The number of aromatic nitrogens is 2. The third kappa shape index (κ3) is 4.42. The van der Waals surface area contributed by atoms with Gasteiger partial charge in [-0.2, -0.15) is 0 Å². The van der Waals surface area contributed by atoms with Gasteiger partial charge in [0.15, 0.2) is 0 Å². The molecule has 160 valence electrons. The lowest BCUT2D eigenvalue weighted by Crippen LogP contribution is -2.31. The lowest BCUT2D eigenvalue weighted by molar-refractivity contribution is 0.205. The van der Waals surface area contributed by atoms with Crippen LogP contribution in [0.2, 0.25) is 0 Å². The average Bonchev–Trinajstić information content (AvgIpc) is 3.21. The number of hydrogen-bond donors (Lipinski definition) is 0. The molecule has 0 aliphatic carbocycles. The number of likely N-dealkylation sites (tertiary alicyclic amines) is 1. The quantitative estimate of drug-likeness (QED) is 0.552. The highest BCUT2D eigenvalue weighted by molar-refractivity contribution is 5.84. The minimum absolute atomic E-state index is 0.0531. The predicted molar refractivity (Wildman–Crippen MR) is 125 cm³/mol. The monoisotopic (exact) mass is 415 g/mol. The second kappa shape index (κ2) is 9.06. The molecule has 0 saturated carbocycles. The lowest BCUT2D eigenvalue weighted by atomic mass is 10.1. The van der Waals surface area contributed by atoms with Crippen molar-refractivity contribution >= 4 is 22.6 Å². The number of benzene rings is 2. The molecule has 2 aliphatic heterocycles. The maximum absolute atomic E-state index is 12.8. The van der Waals surface area contributed by atoms with Gasteiger partial charge in [0, 0.05) is 13.1 Å². The number of allylic oxidation sites excluding steroid dienone is 1. The number of rotatable bonds is 6. The SMILES string of the molecule is O=c1c2ccccc2nc2n1CC/C2=C\c1ccc(OCCCN2CCCCC2)cc1. The van der Waals surface area contributed by atoms with Crippen LogP contribution in [0.4, 0.5) is 0 Å². The minimum atomic E-state index is 0.0531. The van der Waals surface area contributed by atoms with E-state index >= 15 is 0 Å². The van der Waals surface area contributed by atoms with Crippen molar-refractivity contribution in [1.82, 2.24) is 14.5 Å². The Hall–Kier alpha value is -2.92. The summed E-state index contributed by atoms with van der Waals surface area (Å²) in [5.41, 5.74) is 3.03. The second-order valence-electron chi connectivity index (χ2n) is 8.50. The first-order valence-electron chi connectivity index (χ1n) is 11.4. The zero-order valence-corrected chi connectivity index (χ0v) is 17.9. The van der Waals surface area contributed by atoms with Gasteiger partial charge < -0.3 is 9.64 Å². The first-order valence-corrected chi connectivity index (χ1v) is 11.4. The van der Waals surface area contributed by atoms with Gasteiger partial charge in [0.1, 0.15) is 11.6 Å². The van der Waals surface area contributed by atoms with E-state index < -0.39 is 0 Å². The molecule has 5 rings (SSSR count). The Kier molecular flexibility index (Phi) is 5.85. The van der Waals surface area contributed by atoms with E-state index in [4.69, 9.17) is 9.72 Å². The highest BCUT2D eigenvalue weighted by atomic mass is 16.5. The molecule has 5 nitrogen and oxygen atoms in total. The first kappa shape index (κ1) is 20.0. The van der Waals surface area contributed by atoms with Gasteiger partial charge in [-0.1, -0.05) is 30.7 Å². The molecule has 1 fully saturated rings. The van der Waals surface area contributed by atoms with E-state index in [1.165, 1.54) is 32.4 Å². The summed E-state index contributed by atoms with van der Waals surface area (Å²) in [6.07, 6.45) is 8.08. The average molecular weight is 416 g/mol. The summed E-state index contributed by atoms with van der Waals surface area (Å²) in [5, 5.41) is 0.689. The van der Waals surface area contributed by atoms with Crippen LogP contribution < -0.4 is 10.3 Å². The number of piperidine rings is 1. The zero-order chi connectivity index (χ0) is 21.0. The molecule has 2 aliphatic rings. The predicted octanol–water partition coefficient (Wildman–Crippen LogP) is 4.60. The van der Waals surface area contributed by atoms with Crippen molar-refractivity contribution in [2.24, 2.45) is 0 Å². The summed E-state index contributed by atoms with van der Waals surface area (Å²) in [6.45, 7) is 5.05. The standard InChI is InChI=1S/C26H29N3O2/c30-26-23-7-2-3-8-24(23)27-25-21(13-17-29(25)26)19-20-9-11-22(12-10-20)31-18-6-16-28-14-4-1-5-15-28/h2-3,7-12,19H,1,4-6,13-18H2/b21-19+. The van der Waals surface area contributed by atoms with Crippen molar-refractivity contribution in [2.75, 3.05) is 26.2 Å². The van der Waals surface area contributed by atoms with Crippen LogP contribution in [0.25, 0.3) is 22.6 Å². The largest absolute Gasteiger partial charge is 0.494 e. The fourth-order valence-corrected chi connectivity index (χ4v) is 4.62. The Balaban J connectivity index is 1.24. The van der Waals surface area contributed by atoms with Crippen LogP contribution in [0.15, 0.2) is 53.3 Å². The van der Waals surface area contributed by atoms with Crippen LogP contribution in [0.3, 0.4) is 0 Å². The maximum atomic E-state index is 12.8. The smallest absolute Gasteiger partial charge is 0.261 e. The molecule has 0 amide bonds. The van der Waals surface area contributed by atoms with Crippen LogP contribution in [-0.2, 0) is 6.54 Å². The van der Waals surface area contributed by atoms with Crippen molar-refractivity contribution in [3.8, 4) is 5.75 Å². The van der Waals surface area contributed by atoms with E-state index in [9.17, 15) is 4.79 Å². The fraction of sp³-hybridized carbons (Fsp3) is 0.385. The van der Waals surface area contributed by atoms with Crippen LogP contribution in [-0.4, -0.2) is 40.7 Å². The lowest BCUT2D eigenvalue weighted by Gasteiger charge is -2.26. The van der Waals surface area contributed by atoms with E-state index in [1.54, 1.807) is 4.57 Å². The van der Waals surface area contributed by atoms with Gasteiger partial charge in [-0.05, 0) is 80.3 Å². The summed E-state index contributed by atoms with van der Waals surface area (Å²) >= 11 is 0. The Labute approximate surface area is 183 Å².